The molecule has 1 unspecified atom stereocenters. The van der Waals surface area contributed by atoms with E-state index in [0.29, 0.717) is 5.92 Å². The van der Waals surface area contributed by atoms with Crippen molar-refractivity contribution < 1.29 is 4.74 Å². The fourth-order valence-electron chi connectivity index (χ4n) is 2.10. The summed E-state index contributed by atoms with van der Waals surface area (Å²) in [5.41, 5.74) is 4.03. The van der Waals surface area contributed by atoms with E-state index >= 15 is 0 Å². The van der Waals surface area contributed by atoms with Gasteiger partial charge < -0.3 is 4.74 Å². The lowest BCUT2D eigenvalue weighted by atomic mass is 9.87. The van der Waals surface area contributed by atoms with E-state index in [1.807, 2.05) is 0 Å². The molecule has 16 heavy (non-hydrogen) atoms. The monoisotopic (exact) mass is 214 g/mol. The fraction of sp³-hybridized carbons (Fsp3) is 0.333. The zero-order valence-electron chi connectivity index (χ0n) is 10.2. The number of aryl methyl sites for hydroxylation is 1. The molecule has 0 saturated carbocycles. The van der Waals surface area contributed by atoms with E-state index in [9.17, 15) is 0 Å². The molecule has 1 aromatic carbocycles. The second kappa shape index (κ2) is 4.56. The highest BCUT2D eigenvalue weighted by atomic mass is 16.5. The third kappa shape index (κ3) is 2.19. The molecule has 0 amide bonds. The Morgan fingerprint density at radius 1 is 1.12 bits per heavy atom. The number of hydrogen-bond donors (Lipinski definition) is 0. The molecular formula is C15H18O. The number of benzene rings is 1. The van der Waals surface area contributed by atoms with Crippen molar-refractivity contribution in [3.8, 4) is 0 Å². The molecule has 0 N–H and O–H groups in total. The molecule has 0 spiro atoms. The molecule has 1 heteroatoms. The van der Waals surface area contributed by atoms with E-state index in [1.54, 1.807) is 7.11 Å². The van der Waals surface area contributed by atoms with Crippen molar-refractivity contribution in [3.05, 3.63) is 53.3 Å². The number of ether oxygens (including phenoxy) is 1. The minimum Gasteiger partial charge on any atom is -0.501 e. The molecule has 2 rings (SSSR count). The molecule has 0 radical (unpaired) electrons. The average molecular weight is 214 g/mol. The summed E-state index contributed by atoms with van der Waals surface area (Å²) in [6.45, 7) is 4.36. The molecule has 0 aliphatic heterocycles. The third-order valence-corrected chi connectivity index (χ3v) is 3.13. The third-order valence-electron chi connectivity index (χ3n) is 3.13. The normalized spacial score (nSPS) is 20.1. The Morgan fingerprint density at radius 2 is 1.81 bits per heavy atom. The Hall–Kier alpha value is -1.50. The van der Waals surface area contributed by atoms with Crippen molar-refractivity contribution in [2.45, 2.75) is 20.3 Å². The maximum atomic E-state index is 5.28. The number of rotatable bonds is 2. The summed E-state index contributed by atoms with van der Waals surface area (Å²) in [4.78, 5) is 0. The van der Waals surface area contributed by atoms with Crippen molar-refractivity contribution in [2.75, 3.05) is 7.11 Å². The van der Waals surface area contributed by atoms with Gasteiger partial charge in [0.1, 0.15) is 0 Å². The van der Waals surface area contributed by atoms with E-state index in [-0.39, 0.29) is 0 Å². The van der Waals surface area contributed by atoms with Gasteiger partial charge in [-0.25, -0.2) is 0 Å². The van der Waals surface area contributed by atoms with Crippen LogP contribution in [0.2, 0.25) is 0 Å². The molecule has 1 aliphatic rings. The molecule has 0 bridgehead atoms. The van der Waals surface area contributed by atoms with Crippen LogP contribution in [0.3, 0.4) is 0 Å². The van der Waals surface area contributed by atoms with Gasteiger partial charge in [-0.2, -0.15) is 0 Å². The van der Waals surface area contributed by atoms with Crippen molar-refractivity contribution in [1.29, 1.82) is 0 Å². The molecule has 1 aliphatic carbocycles. The number of allylic oxidation sites excluding steroid dienone is 4. The van der Waals surface area contributed by atoms with E-state index in [2.05, 4.69) is 50.3 Å². The highest BCUT2D eigenvalue weighted by Crippen LogP contribution is 2.32. The second-order valence-corrected chi connectivity index (χ2v) is 4.43. The van der Waals surface area contributed by atoms with Gasteiger partial charge in [-0.15, -0.1) is 0 Å². The highest BCUT2D eigenvalue weighted by molar-refractivity contribution is 5.70. The lowest BCUT2D eigenvalue weighted by molar-refractivity contribution is 0.268. The summed E-state index contributed by atoms with van der Waals surface area (Å²) in [5, 5.41) is 0. The Morgan fingerprint density at radius 3 is 2.38 bits per heavy atom. The lowest BCUT2D eigenvalue weighted by Crippen LogP contribution is -2.05. The average Bonchev–Trinajstić information content (AvgIpc) is 2.30. The first kappa shape index (κ1) is 11.0. The molecule has 0 fully saturated rings. The number of hydrogen-bond acceptors (Lipinski definition) is 1. The van der Waals surface area contributed by atoms with Gasteiger partial charge in [0, 0.05) is 6.42 Å². The minimum atomic E-state index is 0.530. The minimum absolute atomic E-state index is 0.530. The number of methoxy groups -OCH3 is 1. The fourth-order valence-corrected chi connectivity index (χ4v) is 2.10. The van der Waals surface area contributed by atoms with Crippen LogP contribution in [0.1, 0.15) is 24.5 Å². The predicted octanol–water partition coefficient (Wildman–Crippen LogP) is 3.95. The van der Waals surface area contributed by atoms with E-state index in [1.165, 1.54) is 16.7 Å². The van der Waals surface area contributed by atoms with Gasteiger partial charge in [0.2, 0.25) is 0 Å². The van der Waals surface area contributed by atoms with Crippen molar-refractivity contribution in [3.63, 3.8) is 0 Å². The van der Waals surface area contributed by atoms with E-state index in [4.69, 9.17) is 4.74 Å². The molecule has 84 valence electrons. The first-order valence-corrected chi connectivity index (χ1v) is 5.72. The largest absolute Gasteiger partial charge is 0.501 e. The Balaban J connectivity index is 2.30. The van der Waals surface area contributed by atoms with Gasteiger partial charge >= 0.3 is 0 Å². The van der Waals surface area contributed by atoms with Gasteiger partial charge in [-0.3, -0.25) is 0 Å². The quantitative estimate of drug-likeness (QED) is 0.724. The predicted molar refractivity (Wildman–Crippen MR) is 68.0 cm³/mol. The molecule has 1 nitrogen and oxygen atoms in total. The first-order valence-electron chi connectivity index (χ1n) is 5.72. The Bertz CT molecular complexity index is 423. The molecule has 0 aromatic heterocycles. The maximum absolute atomic E-state index is 5.28. The summed E-state index contributed by atoms with van der Waals surface area (Å²) >= 11 is 0. The van der Waals surface area contributed by atoms with Crippen LogP contribution in [0.4, 0.5) is 0 Å². The van der Waals surface area contributed by atoms with Crippen LogP contribution >= 0.6 is 0 Å². The highest BCUT2D eigenvalue weighted by Gasteiger charge is 2.16. The second-order valence-electron chi connectivity index (χ2n) is 4.43. The lowest BCUT2D eigenvalue weighted by Gasteiger charge is -2.21. The standard InChI is InChI=1S/C15H18O/c1-11-4-6-13(7-5-11)15-9-8-14(16-3)10-12(15)2/h4-9,12H,10H2,1-3H3. The van der Waals surface area contributed by atoms with Crippen LogP contribution in [0.15, 0.2) is 42.2 Å². The molecular weight excluding hydrogens is 196 g/mol. The van der Waals surface area contributed by atoms with Gasteiger partial charge in [0.05, 0.1) is 12.9 Å². The summed E-state index contributed by atoms with van der Waals surface area (Å²) in [7, 11) is 1.74. The summed E-state index contributed by atoms with van der Waals surface area (Å²) < 4.78 is 5.28. The van der Waals surface area contributed by atoms with Crippen LogP contribution < -0.4 is 0 Å². The Labute approximate surface area is 97.4 Å². The zero-order chi connectivity index (χ0) is 11.5. The topological polar surface area (TPSA) is 9.23 Å². The first-order chi connectivity index (χ1) is 7.70. The maximum Gasteiger partial charge on any atom is 0.0961 e. The summed E-state index contributed by atoms with van der Waals surface area (Å²) in [6.07, 6.45) is 5.25. The van der Waals surface area contributed by atoms with Crippen LogP contribution in [0, 0.1) is 12.8 Å². The van der Waals surface area contributed by atoms with Crippen LogP contribution in [-0.4, -0.2) is 7.11 Å². The van der Waals surface area contributed by atoms with Gasteiger partial charge in [0.15, 0.2) is 0 Å². The molecule has 0 heterocycles. The SMILES string of the molecule is COC1=CC=C(c2ccc(C)cc2)C(C)C1. The van der Waals surface area contributed by atoms with E-state index < -0.39 is 0 Å². The van der Waals surface area contributed by atoms with Crippen LogP contribution in [-0.2, 0) is 4.74 Å². The zero-order valence-corrected chi connectivity index (χ0v) is 10.2. The van der Waals surface area contributed by atoms with Crippen LogP contribution in [0.25, 0.3) is 5.57 Å². The van der Waals surface area contributed by atoms with Gasteiger partial charge in [-0.1, -0.05) is 42.8 Å². The smallest absolute Gasteiger partial charge is 0.0961 e. The van der Waals surface area contributed by atoms with Crippen molar-refractivity contribution >= 4 is 5.57 Å². The van der Waals surface area contributed by atoms with Crippen molar-refractivity contribution in [2.24, 2.45) is 5.92 Å². The van der Waals surface area contributed by atoms with Gasteiger partial charge in [0.25, 0.3) is 0 Å². The van der Waals surface area contributed by atoms with Crippen molar-refractivity contribution in [1.82, 2.24) is 0 Å². The molecule has 1 aromatic rings. The van der Waals surface area contributed by atoms with E-state index in [0.717, 1.165) is 12.2 Å². The summed E-state index contributed by atoms with van der Waals surface area (Å²) in [5.74, 6) is 1.60. The Kier molecular flexibility index (Phi) is 3.14. The van der Waals surface area contributed by atoms with Gasteiger partial charge in [-0.05, 0) is 30.1 Å². The summed E-state index contributed by atoms with van der Waals surface area (Å²) in [6, 6.07) is 8.73. The van der Waals surface area contributed by atoms with Crippen LogP contribution in [0.5, 0.6) is 0 Å². The molecule has 0 saturated heterocycles. The molecule has 1 atom stereocenters.